The van der Waals surface area contributed by atoms with Gasteiger partial charge in [0.1, 0.15) is 5.01 Å². The normalized spacial score (nSPS) is 21.5. The molecule has 100 valence electrons. The fourth-order valence-electron chi connectivity index (χ4n) is 2.90. The van der Waals surface area contributed by atoms with Crippen molar-refractivity contribution >= 4 is 17.0 Å². The largest absolute Gasteiger partial charge is 0.382 e. The second-order valence-electron chi connectivity index (χ2n) is 6.17. The van der Waals surface area contributed by atoms with E-state index in [1.807, 2.05) is 11.6 Å². The van der Waals surface area contributed by atoms with Gasteiger partial charge >= 0.3 is 0 Å². The monoisotopic (exact) mass is 272 g/mol. The van der Waals surface area contributed by atoms with Gasteiger partial charge in [-0.2, -0.15) is 0 Å². The van der Waals surface area contributed by atoms with Crippen LogP contribution in [0.1, 0.15) is 33.1 Å². The van der Waals surface area contributed by atoms with Crippen LogP contribution < -0.4 is 5.32 Å². The van der Waals surface area contributed by atoms with E-state index in [1.54, 1.807) is 11.3 Å². The Morgan fingerprint density at radius 2 is 2.26 bits per heavy atom. The van der Waals surface area contributed by atoms with Crippen LogP contribution in [0.5, 0.6) is 0 Å². The number of nitrogens with zero attached hydrogens (tertiary/aromatic N) is 1. The first-order valence-corrected chi connectivity index (χ1v) is 7.77. The van der Waals surface area contributed by atoms with E-state index in [0.29, 0.717) is 11.5 Å². The summed E-state index contributed by atoms with van der Waals surface area (Å²) in [6.45, 7) is 4.72. The Morgan fingerprint density at radius 3 is 2.95 bits per heavy atom. The molecule has 1 aliphatic carbocycles. The number of thiazole rings is 1. The van der Waals surface area contributed by atoms with Crippen LogP contribution in [0.15, 0.2) is 35.8 Å². The molecule has 0 saturated heterocycles. The van der Waals surface area contributed by atoms with Crippen molar-refractivity contribution in [2.75, 3.05) is 5.32 Å². The van der Waals surface area contributed by atoms with Gasteiger partial charge in [0.15, 0.2) is 0 Å². The zero-order valence-electron chi connectivity index (χ0n) is 11.5. The summed E-state index contributed by atoms with van der Waals surface area (Å²) in [5.41, 5.74) is 2.91. The number of aromatic nitrogens is 1. The van der Waals surface area contributed by atoms with Gasteiger partial charge in [-0.15, -0.1) is 11.3 Å². The van der Waals surface area contributed by atoms with Gasteiger partial charge in [-0.05, 0) is 36.8 Å². The Bertz CT molecular complexity index is 546. The molecular weight excluding hydrogens is 252 g/mol. The summed E-state index contributed by atoms with van der Waals surface area (Å²) in [7, 11) is 0. The standard InChI is InChI=1S/C16H20N2S/c1-16(2)7-6-14(11-16)18-13-5-3-4-12(10-13)15-17-8-9-19-15/h3-5,8-10,14,18H,6-7,11H2,1-2H3. The lowest BCUT2D eigenvalue weighted by Gasteiger charge is -2.18. The fraction of sp³-hybridized carbons (Fsp3) is 0.438. The van der Waals surface area contributed by atoms with Crippen LogP contribution in [0.4, 0.5) is 5.69 Å². The van der Waals surface area contributed by atoms with Crippen LogP contribution in [-0.2, 0) is 0 Å². The molecule has 1 fully saturated rings. The van der Waals surface area contributed by atoms with Gasteiger partial charge in [-0.25, -0.2) is 4.98 Å². The number of hydrogen-bond acceptors (Lipinski definition) is 3. The summed E-state index contributed by atoms with van der Waals surface area (Å²) < 4.78 is 0. The first kappa shape index (κ1) is 12.7. The number of hydrogen-bond donors (Lipinski definition) is 1. The van der Waals surface area contributed by atoms with Gasteiger partial charge in [0, 0.05) is 28.9 Å². The molecule has 1 aliphatic rings. The molecule has 0 radical (unpaired) electrons. The Morgan fingerprint density at radius 1 is 1.37 bits per heavy atom. The van der Waals surface area contributed by atoms with E-state index in [4.69, 9.17) is 0 Å². The van der Waals surface area contributed by atoms with Crippen LogP contribution in [0.3, 0.4) is 0 Å². The minimum atomic E-state index is 0.491. The van der Waals surface area contributed by atoms with E-state index in [2.05, 4.69) is 48.4 Å². The molecule has 0 aliphatic heterocycles. The lowest BCUT2D eigenvalue weighted by molar-refractivity contribution is 0.378. The van der Waals surface area contributed by atoms with Crippen LogP contribution >= 0.6 is 11.3 Å². The topological polar surface area (TPSA) is 24.9 Å². The third-order valence-corrected chi connectivity index (χ3v) is 4.70. The molecule has 1 heterocycles. The third-order valence-electron chi connectivity index (χ3n) is 3.88. The average Bonchev–Trinajstić information content (AvgIpc) is 2.99. The van der Waals surface area contributed by atoms with E-state index < -0.39 is 0 Å². The number of benzene rings is 1. The van der Waals surface area contributed by atoms with E-state index in [9.17, 15) is 0 Å². The van der Waals surface area contributed by atoms with Crippen molar-refractivity contribution < 1.29 is 0 Å². The van der Waals surface area contributed by atoms with Crippen LogP contribution in [0.25, 0.3) is 10.6 Å². The van der Waals surface area contributed by atoms with Crippen molar-refractivity contribution in [3.8, 4) is 10.6 Å². The van der Waals surface area contributed by atoms with Gasteiger partial charge in [0.2, 0.25) is 0 Å². The van der Waals surface area contributed by atoms with Gasteiger partial charge in [-0.1, -0.05) is 26.0 Å². The second kappa shape index (κ2) is 4.97. The molecule has 1 unspecified atom stereocenters. The Balaban J connectivity index is 1.74. The molecule has 1 atom stereocenters. The first-order valence-electron chi connectivity index (χ1n) is 6.89. The highest BCUT2D eigenvalue weighted by atomic mass is 32.1. The maximum atomic E-state index is 4.37. The molecular formula is C16H20N2S. The van der Waals surface area contributed by atoms with Crippen molar-refractivity contribution in [1.29, 1.82) is 0 Å². The molecule has 1 N–H and O–H groups in total. The van der Waals surface area contributed by atoms with Crippen molar-refractivity contribution in [2.24, 2.45) is 5.41 Å². The molecule has 0 bridgehead atoms. The van der Waals surface area contributed by atoms with E-state index in [0.717, 1.165) is 5.01 Å². The average molecular weight is 272 g/mol. The maximum Gasteiger partial charge on any atom is 0.123 e. The van der Waals surface area contributed by atoms with Crippen molar-refractivity contribution in [3.63, 3.8) is 0 Å². The molecule has 2 nitrogen and oxygen atoms in total. The van der Waals surface area contributed by atoms with Gasteiger partial charge in [-0.3, -0.25) is 0 Å². The summed E-state index contributed by atoms with van der Waals surface area (Å²) >= 11 is 1.69. The summed E-state index contributed by atoms with van der Waals surface area (Å²) in [6, 6.07) is 9.22. The third kappa shape index (κ3) is 2.98. The van der Waals surface area contributed by atoms with E-state index in [-0.39, 0.29) is 0 Å². The van der Waals surface area contributed by atoms with E-state index >= 15 is 0 Å². The minimum Gasteiger partial charge on any atom is -0.382 e. The highest BCUT2D eigenvalue weighted by molar-refractivity contribution is 7.13. The maximum absolute atomic E-state index is 4.37. The zero-order valence-corrected chi connectivity index (χ0v) is 12.3. The highest BCUT2D eigenvalue weighted by Crippen LogP contribution is 2.38. The predicted molar refractivity (Wildman–Crippen MR) is 82.6 cm³/mol. The Hall–Kier alpha value is -1.35. The molecule has 0 amide bonds. The van der Waals surface area contributed by atoms with Crippen LogP contribution in [0, 0.1) is 5.41 Å². The van der Waals surface area contributed by atoms with E-state index in [1.165, 1.54) is 30.5 Å². The summed E-state index contributed by atoms with van der Waals surface area (Å²) in [6.07, 6.45) is 5.71. The zero-order chi connectivity index (χ0) is 13.3. The quantitative estimate of drug-likeness (QED) is 0.868. The molecule has 1 aromatic heterocycles. The molecule has 3 rings (SSSR count). The SMILES string of the molecule is CC1(C)CCC(Nc2cccc(-c3nccs3)c2)C1. The van der Waals surface area contributed by atoms with Gasteiger partial charge in [0.05, 0.1) is 0 Å². The first-order chi connectivity index (χ1) is 9.12. The van der Waals surface area contributed by atoms with Crippen molar-refractivity contribution in [1.82, 2.24) is 4.98 Å². The number of rotatable bonds is 3. The van der Waals surface area contributed by atoms with Crippen LogP contribution in [-0.4, -0.2) is 11.0 Å². The molecule has 0 spiro atoms. The number of nitrogens with one attached hydrogen (secondary N) is 1. The minimum absolute atomic E-state index is 0.491. The molecule has 3 heteroatoms. The smallest absolute Gasteiger partial charge is 0.123 e. The highest BCUT2D eigenvalue weighted by Gasteiger charge is 2.30. The van der Waals surface area contributed by atoms with Gasteiger partial charge in [0.25, 0.3) is 0 Å². The van der Waals surface area contributed by atoms with Crippen molar-refractivity contribution in [2.45, 2.75) is 39.2 Å². The fourth-order valence-corrected chi connectivity index (χ4v) is 3.54. The Labute approximate surface area is 118 Å². The van der Waals surface area contributed by atoms with Gasteiger partial charge < -0.3 is 5.32 Å². The molecule has 1 saturated carbocycles. The molecule has 2 aromatic rings. The van der Waals surface area contributed by atoms with Crippen molar-refractivity contribution in [3.05, 3.63) is 35.8 Å². The molecule has 1 aromatic carbocycles. The summed E-state index contributed by atoms with van der Waals surface area (Å²) in [5, 5.41) is 6.79. The lowest BCUT2D eigenvalue weighted by atomic mass is 9.92. The number of anilines is 1. The lowest BCUT2D eigenvalue weighted by Crippen LogP contribution is -2.17. The van der Waals surface area contributed by atoms with Crippen LogP contribution in [0.2, 0.25) is 0 Å². The summed E-state index contributed by atoms with van der Waals surface area (Å²) in [5.74, 6) is 0. The predicted octanol–water partition coefficient (Wildman–Crippen LogP) is 4.80. The molecule has 19 heavy (non-hydrogen) atoms. The second-order valence-corrected chi connectivity index (χ2v) is 7.06. The summed E-state index contributed by atoms with van der Waals surface area (Å²) in [4.78, 5) is 4.37. The Kier molecular flexibility index (Phi) is 3.31.